The second kappa shape index (κ2) is 12.3. The second-order valence-corrected chi connectivity index (χ2v) is 7.38. The summed E-state index contributed by atoms with van der Waals surface area (Å²) in [5.74, 6) is 0.786. The van der Waals surface area contributed by atoms with E-state index in [4.69, 9.17) is 4.74 Å². The lowest BCUT2D eigenvalue weighted by atomic mass is 10.1. The normalized spacial score (nSPS) is 10.5. The number of aromatic nitrogens is 1. The predicted molar refractivity (Wildman–Crippen MR) is 122 cm³/mol. The number of hydrogen-bond donors (Lipinski definition) is 1. The van der Waals surface area contributed by atoms with Crippen molar-refractivity contribution < 1.29 is 14.3 Å². The lowest BCUT2D eigenvalue weighted by Gasteiger charge is -2.12. The van der Waals surface area contributed by atoms with E-state index in [0.29, 0.717) is 25.1 Å². The van der Waals surface area contributed by atoms with E-state index in [9.17, 15) is 9.59 Å². The predicted octanol–water partition coefficient (Wildman–Crippen LogP) is 4.62. The molecule has 0 saturated heterocycles. The summed E-state index contributed by atoms with van der Waals surface area (Å²) in [6, 6.07) is 21.4. The molecule has 31 heavy (non-hydrogen) atoms. The van der Waals surface area contributed by atoms with E-state index < -0.39 is 0 Å². The average Bonchev–Trinajstić information content (AvgIpc) is 2.81. The fourth-order valence-corrected chi connectivity index (χ4v) is 3.31. The Morgan fingerprint density at radius 3 is 2.39 bits per heavy atom. The number of nitrogens with one attached hydrogen (secondary N) is 1. The number of Topliss-reactive ketones (excluding diaryl/α,β-unsaturated/α-hetero) is 1. The summed E-state index contributed by atoms with van der Waals surface area (Å²) in [5.41, 5.74) is 3.02. The van der Waals surface area contributed by atoms with Gasteiger partial charge in [-0.2, -0.15) is 0 Å². The maximum atomic E-state index is 12.1. The van der Waals surface area contributed by atoms with Crippen molar-refractivity contribution in [1.29, 1.82) is 0 Å². The Bertz CT molecular complexity index is 959. The number of hydrogen-bond acceptors (Lipinski definition) is 4. The highest BCUT2D eigenvalue weighted by Gasteiger charge is 2.08. The zero-order valence-corrected chi connectivity index (χ0v) is 17.6. The van der Waals surface area contributed by atoms with Gasteiger partial charge in [0.1, 0.15) is 11.5 Å². The fraction of sp³-hybridized carbons (Fsp3) is 0.269. The smallest absolute Gasteiger partial charge is 0.257 e. The molecule has 1 N–H and O–H groups in total. The van der Waals surface area contributed by atoms with Crippen molar-refractivity contribution in [1.82, 2.24) is 10.3 Å². The molecule has 0 atom stereocenters. The van der Waals surface area contributed by atoms with Crippen LogP contribution in [-0.2, 0) is 16.0 Å². The van der Waals surface area contributed by atoms with Gasteiger partial charge in [0, 0.05) is 37.3 Å². The van der Waals surface area contributed by atoms with Gasteiger partial charge in [0.05, 0.1) is 0 Å². The molecule has 0 unspecified atom stereocenters. The molecule has 0 radical (unpaired) electrons. The number of ketones is 1. The molecule has 2 aromatic carbocycles. The van der Waals surface area contributed by atoms with Crippen molar-refractivity contribution in [2.24, 2.45) is 0 Å². The molecule has 0 aliphatic rings. The Balaban J connectivity index is 1.30. The third-order valence-electron chi connectivity index (χ3n) is 4.94. The summed E-state index contributed by atoms with van der Waals surface area (Å²) < 4.78 is 5.76. The Kier molecular flexibility index (Phi) is 8.80. The first-order chi connectivity index (χ1) is 15.2. The van der Waals surface area contributed by atoms with E-state index in [1.54, 1.807) is 12.4 Å². The van der Waals surface area contributed by atoms with E-state index in [-0.39, 0.29) is 18.3 Å². The van der Waals surface area contributed by atoms with E-state index >= 15 is 0 Å². The monoisotopic (exact) mass is 416 g/mol. The Morgan fingerprint density at radius 2 is 1.58 bits per heavy atom. The Hall–Kier alpha value is -3.47. The Morgan fingerprint density at radius 1 is 0.839 bits per heavy atom. The molecular weight excluding hydrogens is 388 g/mol. The summed E-state index contributed by atoms with van der Waals surface area (Å²) in [4.78, 5) is 28.1. The van der Waals surface area contributed by atoms with Crippen LogP contribution in [0.5, 0.6) is 5.75 Å². The van der Waals surface area contributed by atoms with Gasteiger partial charge in [-0.25, -0.2) is 0 Å². The first-order valence-corrected chi connectivity index (χ1v) is 10.7. The van der Waals surface area contributed by atoms with Crippen LogP contribution in [0.1, 0.15) is 31.2 Å². The van der Waals surface area contributed by atoms with Gasteiger partial charge in [-0.3, -0.25) is 14.6 Å². The van der Waals surface area contributed by atoms with Crippen molar-refractivity contribution in [3.8, 4) is 16.9 Å². The van der Waals surface area contributed by atoms with Crippen LogP contribution < -0.4 is 10.1 Å². The molecule has 3 aromatic rings. The maximum Gasteiger partial charge on any atom is 0.257 e. The number of nitrogens with zero attached hydrogens (tertiary/aromatic N) is 1. The number of benzene rings is 2. The highest BCUT2D eigenvalue weighted by molar-refractivity contribution is 5.80. The van der Waals surface area contributed by atoms with Gasteiger partial charge >= 0.3 is 0 Å². The molecule has 1 aromatic heterocycles. The SMILES string of the molecule is O=C(CCCCCNC(=O)COc1ccccc1-c1ccccc1)Cc1ccncc1. The van der Waals surface area contributed by atoms with Crippen molar-refractivity contribution in [2.75, 3.05) is 13.2 Å². The summed E-state index contributed by atoms with van der Waals surface area (Å²) in [6.07, 6.45) is 7.01. The summed E-state index contributed by atoms with van der Waals surface area (Å²) in [6.45, 7) is 0.565. The number of pyridine rings is 1. The van der Waals surface area contributed by atoms with Crippen LogP contribution in [0, 0.1) is 0 Å². The summed E-state index contributed by atoms with van der Waals surface area (Å²) in [5, 5.41) is 2.88. The lowest BCUT2D eigenvalue weighted by molar-refractivity contribution is -0.123. The van der Waals surface area contributed by atoms with Crippen LogP contribution in [0.25, 0.3) is 11.1 Å². The first kappa shape index (κ1) is 22.2. The van der Waals surface area contributed by atoms with E-state index in [2.05, 4.69) is 10.3 Å². The molecule has 0 bridgehead atoms. The highest BCUT2D eigenvalue weighted by Crippen LogP contribution is 2.29. The molecule has 0 spiro atoms. The molecule has 3 rings (SSSR count). The van der Waals surface area contributed by atoms with Crippen molar-refractivity contribution in [3.05, 3.63) is 84.7 Å². The quantitative estimate of drug-likeness (QED) is 0.438. The van der Waals surface area contributed by atoms with Crippen LogP contribution in [0.2, 0.25) is 0 Å². The number of carbonyl (C=O) groups excluding carboxylic acids is 2. The minimum atomic E-state index is -0.142. The molecule has 160 valence electrons. The first-order valence-electron chi connectivity index (χ1n) is 10.7. The molecule has 0 aliphatic heterocycles. The third kappa shape index (κ3) is 7.70. The summed E-state index contributed by atoms with van der Waals surface area (Å²) >= 11 is 0. The molecule has 0 fully saturated rings. The standard InChI is InChI=1S/C26H28N2O3/c29-23(19-21-14-17-27-18-15-21)11-5-2-8-16-28-26(30)20-31-25-13-7-6-12-24(25)22-9-3-1-4-10-22/h1,3-4,6-7,9-10,12-15,17-18H,2,5,8,11,16,19-20H2,(H,28,30). The molecule has 1 amide bonds. The van der Waals surface area contributed by atoms with Crippen molar-refractivity contribution in [3.63, 3.8) is 0 Å². The van der Waals surface area contributed by atoms with Gasteiger partial charge in [-0.15, -0.1) is 0 Å². The number of ether oxygens (including phenoxy) is 1. The van der Waals surface area contributed by atoms with E-state index in [0.717, 1.165) is 36.0 Å². The van der Waals surface area contributed by atoms with Crippen LogP contribution in [0.4, 0.5) is 0 Å². The zero-order chi connectivity index (χ0) is 21.7. The molecule has 5 heteroatoms. The largest absolute Gasteiger partial charge is 0.483 e. The van der Waals surface area contributed by atoms with Crippen LogP contribution in [0.3, 0.4) is 0 Å². The van der Waals surface area contributed by atoms with Gasteiger partial charge in [-0.1, -0.05) is 55.0 Å². The topological polar surface area (TPSA) is 68.3 Å². The van der Waals surface area contributed by atoms with Crippen LogP contribution in [0.15, 0.2) is 79.1 Å². The molecule has 5 nitrogen and oxygen atoms in total. The molecule has 1 heterocycles. The minimum Gasteiger partial charge on any atom is -0.483 e. The Labute approximate surface area is 183 Å². The van der Waals surface area contributed by atoms with E-state index in [1.807, 2.05) is 66.7 Å². The lowest BCUT2D eigenvalue weighted by Crippen LogP contribution is -2.29. The second-order valence-electron chi connectivity index (χ2n) is 7.38. The minimum absolute atomic E-state index is 0.0196. The average molecular weight is 417 g/mol. The van der Waals surface area contributed by atoms with E-state index in [1.165, 1.54) is 0 Å². The van der Waals surface area contributed by atoms with Crippen LogP contribution in [-0.4, -0.2) is 29.8 Å². The number of unbranched alkanes of at least 4 members (excludes halogenated alkanes) is 2. The van der Waals surface area contributed by atoms with Gasteiger partial charge in [0.2, 0.25) is 0 Å². The highest BCUT2D eigenvalue weighted by atomic mass is 16.5. The molecule has 0 aliphatic carbocycles. The maximum absolute atomic E-state index is 12.1. The number of carbonyl (C=O) groups is 2. The third-order valence-corrected chi connectivity index (χ3v) is 4.94. The number of para-hydroxylation sites is 1. The van der Waals surface area contributed by atoms with Gasteiger partial charge in [0.15, 0.2) is 6.61 Å². The van der Waals surface area contributed by atoms with Crippen molar-refractivity contribution >= 4 is 11.7 Å². The van der Waals surface area contributed by atoms with Gasteiger partial charge in [-0.05, 0) is 42.2 Å². The van der Waals surface area contributed by atoms with Crippen molar-refractivity contribution in [2.45, 2.75) is 32.1 Å². The number of rotatable bonds is 12. The van der Waals surface area contributed by atoms with Gasteiger partial charge in [0.25, 0.3) is 5.91 Å². The van der Waals surface area contributed by atoms with Gasteiger partial charge < -0.3 is 10.1 Å². The van der Waals surface area contributed by atoms with Crippen LogP contribution >= 0.6 is 0 Å². The molecule has 0 saturated carbocycles. The molecular formula is C26H28N2O3. The zero-order valence-electron chi connectivity index (χ0n) is 17.6. The summed E-state index contributed by atoms with van der Waals surface area (Å²) in [7, 11) is 0. The fourth-order valence-electron chi connectivity index (χ4n) is 3.31. The number of amides is 1.